The van der Waals surface area contributed by atoms with Crippen LogP contribution in [0.2, 0.25) is 0 Å². The number of hydrogen-bond acceptors (Lipinski definition) is 3. The van der Waals surface area contributed by atoms with E-state index in [2.05, 4.69) is 79.5 Å². The highest BCUT2D eigenvalue weighted by molar-refractivity contribution is 7.99. The van der Waals surface area contributed by atoms with E-state index >= 15 is 0 Å². The Kier molecular flexibility index (Phi) is 7.86. The molecule has 2 rings (SSSR count). The van der Waals surface area contributed by atoms with Gasteiger partial charge in [-0.05, 0) is 44.0 Å². The van der Waals surface area contributed by atoms with Crippen molar-refractivity contribution >= 4 is 23.4 Å². The molecule has 0 saturated carbocycles. The van der Waals surface area contributed by atoms with Gasteiger partial charge < -0.3 is 10.2 Å². The van der Waals surface area contributed by atoms with Crippen molar-refractivity contribution in [1.82, 2.24) is 5.32 Å². The quantitative estimate of drug-likeness (QED) is 0.723. The number of carbonyl (C=O) groups is 1. The first-order valence-corrected chi connectivity index (χ1v) is 10.0. The van der Waals surface area contributed by atoms with Gasteiger partial charge in [0.15, 0.2) is 0 Å². The number of rotatable bonds is 9. The van der Waals surface area contributed by atoms with Gasteiger partial charge in [0.1, 0.15) is 0 Å². The second-order valence-electron chi connectivity index (χ2n) is 6.09. The highest BCUT2D eigenvalue weighted by atomic mass is 32.2. The number of thioether (sulfide) groups is 1. The Hall–Kier alpha value is -1.94. The van der Waals surface area contributed by atoms with E-state index < -0.39 is 0 Å². The lowest BCUT2D eigenvalue weighted by Gasteiger charge is -2.21. The fraction of sp³-hybridized carbons (Fsp3) is 0.381. The lowest BCUT2D eigenvalue weighted by atomic mass is 10.2. The molecule has 25 heavy (non-hydrogen) atoms. The lowest BCUT2D eigenvalue weighted by molar-refractivity contribution is -0.118. The van der Waals surface area contributed by atoms with Crippen LogP contribution >= 0.6 is 11.8 Å². The van der Waals surface area contributed by atoms with Crippen molar-refractivity contribution in [2.45, 2.75) is 33.1 Å². The zero-order chi connectivity index (χ0) is 18.1. The van der Waals surface area contributed by atoms with Gasteiger partial charge >= 0.3 is 0 Å². The van der Waals surface area contributed by atoms with Gasteiger partial charge in [-0.25, -0.2) is 0 Å². The van der Waals surface area contributed by atoms with Gasteiger partial charge in [0, 0.05) is 31.1 Å². The molecule has 0 aliphatic rings. The molecule has 0 atom stereocenters. The molecule has 2 aromatic rings. The third-order valence-corrected chi connectivity index (χ3v) is 5.18. The molecule has 0 aliphatic carbocycles. The molecule has 0 bridgehead atoms. The predicted molar refractivity (Wildman–Crippen MR) is 109 cm³/mol. The monoisotopic (exact) mass is 356 g/mol. The number of hydrogen-bond donors (Lipinski definition) is 1. The lowest BCUT2D eigenvalue weighted by Crippen LogP contribution is -2.25. The first kappa shape index (κ1) is 19.4. The Labute approximate surface area is 155 Å². The van der Waals surface area contributed by atoms with E-state index in [9.17, 15) is 4.79 Å². The third-order valence-electron chi connectivity index (χ3n) is 4.18. The van der Waals surface area contributed by atoms with Crippen LogP contribution in [0.4, 0.5) is 5.69 Å². The Morgan fingerprint density at radius 3 is 2.16 bits per heavy atom. The summed E-state index contributed by atoms with van der Waals surface area (Å²) in [4.78, 5) is 14.3. The molecule has 2 aromatic carbocycles. The molecule has 4 heteroatoms. The molecule has 134 valence electrons. The molecule has 0 saturated heterocycles. The summed E-state index contributed by atoms with van der Waals surface area (Å²) in [6.45, 7) is 8.99. The standard InChI is InChI=1S/C21H28N2OS/c1-4-23(5-2)20-12-10-18(11-13-20)14-22-21(24)16-25-15-19-8-6-17(3)7-9-19/h6-13H,4-5,14-16H2,1-3H3,(H,22,24). The Morgan fingerprint density at radius 2 is 1.56 bits per heavy atom. The SMILES string of the molecule is CCN(CC)c1ccc(CNC(=O)CSCc2ccc(C)cc2)cc1. The van der Waals surface area contributed by atoms with Crippen LogP contribution in [0.1, 0.15) is 30.5 Å². The molecular formula is C21H28N2OS. The Balaban J connectivity index is 1.71. The van der Waals surface area contributed by atoms with Gasteiger partial charge in [0.25, 0.3) is 0 Å². The highest BCUT2D eigenvalue weighted by Crippen LogP contribution is 2.15. The van der Waals surface area contributed by atoms with Gasteiger partial charge in [-0.1, -0.05) is 42.0 Å². The van der Waals surface area contributed by atoms with Gasteiger partial charge in [0.2, 0.25) is 5.91 Å². The summed E-state index contributed by atoms with van der Waals surface area (Å²) in [6, 6.07) is 16.9. The second kappa shape index (κ2) is 10.1. The molecule has 0 aliphatic heterocycles. The van der Waals surface area contributed by atoms with Crippen LogP contribution in [0.5, 0.6) is 0 Å². The topological polar surface area (TPSA) is 32.3 Å². The van der Waals surface area contributed by atoms with Crippen molar-refractivity contribution in [3.05, 3.63) is 65.2 Å². The summed E-state index contributed by atoms with van der Waals surface area (Å²) in [5, 5.41) is 3.00. The summed E-state index contributed by atoms with van der Waals surface area (Å²) < 4.78 is 0. The van der Waals surface area contributed by atoms with E-state index in [1.54, 1.807) is 11.8 Å². The highest BCUT2D eigenvalue weighted by Gasteiger charge is 2.04. The van der Waals surface area contributed by atoms with E-state index in [1.165, 1.54) is 16.8 Å². The van der Waals surface area contributed by atoms with Crippen LogP contribution in [0.25, 0.3) is 0 Å². The zero-order valence-electron chi connectivity index (χ0n) is 15.4. The third kappa shape index (κ3) is 6.46. The molecule has 0 fully saturated rings. The van der Waals surface area contributed by atoms with E-state index in [0.717, 1.165) is 24.4 Å². The summed E-state index contributed by atoms with van der Waals surface area (Å²) in [5.41, 5.74) is 4.88. The summed E-state index contributed by atoms with van der Waals surface area (Å²) in [7, 11) is 0. The van der Waals surface area contributed by atoms with E-state index in [1.807, 2.05) is 0 Å². The maximum absolute atomic E-state index is 12.0. The van der Waals surface area contributed by atoms with Crippen molar-refractivity contribution < 1.29 is 4.79 Å². The summed E-state index contributed by atoms with van der Waals surface area (Å²) >= 11 is 1.65. The van der Waals surface area contributed by atoms with Crippen molar-refractivity contribution in [2.75, 3.05) is 23.7 Å². The molecular weight excluding hydrogens is 328 g/mol. The van der Waals surface area contributed by atoms with Crippen LogP contribution in [0, 0.1) is 6.92 Å². The van der Waals surface area contributed by atoms with Crippen molar-refractivity contribution in [1.29, 1.82) is 0 Å². The van der Waals surface area contributed by atoms with Crippen molar-refractivity contribution in [3.8, 4) is 0 Å². The van der Waals surface area contributed by atoms with E-state index in [-0.39, 0.29) is 5.91 Å². The van der Waals surface area contributed by atoms with E-state index in [4.69, 9.17) is 0 Å². The average Bonchev–Trinajstić information content (AvgIpc) is 2.64. The Bertz CT molecular complexity index is 649. The molecule has 1 N–H and O–H groups in total. The van der Waals surface area contributed by atoms with Gasteiger partial charge in [-0.2, -0.15) is 0 Å². The normalized spacial score (nSPS) is 10.5. The summed E-state index contributed by atoms with van der Waals surface area (Å²) in [6.07, 6.45) is 0. The minimum atomic E-state index is 0.0879. The molecule has 1 amide bonds. The number of amides is 1. The fourth-order valence-electron chi connectivity index (χ4n) is 2.61. The Morgan fingerprint density at radius 1 is 0.960 bits per heavy atom. The van der Waals surface area contributed by atoms with Crippen LogP contribution < -0.4 is 10.2 Å². The minimum Gasteiger partial charge on any atom is -0.372 e. The second-order valence-corrected chi connectivity index (χ2v) is 7.08. The number of anilines is 1. The van der Waals surface area contributed by atoms with Crippen LogP contribution in [-0.4, -0.2) is 24.7 Å². The zero-order valence-corrected chi connectivity index (χ0v) is 16.2. The first-order valence-electron chi connectivity index (χ1n) is 8.86. The number of nitrogens with zero attached hydrogens (tertiary/aromatic N) is 1. The minimum absolute atomic E-state index is 0.0879. The van der Waals surface area contributed by atoms with Gasteiger partial charge in [-0.15, -0.1) is 11.8 Å². The fourth-order valence-corrected chi connectivity index (χ4v) is 3.43. The number of carbonyl (C=O) groups excluding carboxylic acids is 1. The molecule has 3 nitrogen and oxygen atoms in total. The maximum Gasteiger partial charge on any atom is 0.230 e. The molecule has 0 radical (unpaired) electrons. The number of benzene rings is 2. The molecule has 0 aromatic heterocycles. The largest absolute Gasteiger partial charge is 0.372 e. The number of nitrogens with one attached hydrogen (secondary N) is 1. The van der Waals surface area contributed by atoms with Gasteiger partial charge in [-0.3, -0.25) is 4.79 Å². The van der Waals surface area contributed by atoms with Crippen LogP contribution in [-0.2, 0) is 17.1 Å². The van der Waals surface area contributed by atoms with Crippen molar-refractivity contribution in [3.63, 3.8) is 0 Å². The first-order chi connectivity index (χ1) is 12.1. The van der Waals surface area contributed by atoms with Crippen LogP contribution in [0.3, 0.4) is 0 Å². The molecule has 0 spiro atoms. The van der Waals surface area contributed by atoms with Gasteiger partial charge in [0.05, 0.1) is 5.75 Å². The molecule has 0 unspecified atom stereocenters. The molecule has 0 heterocycles. The summed E-state index contributed by atoms with van der Waals surface area (Å²) in [5.74, 6) is 1.45. The van der Waals surface area contributed by atoms with Crippen molar-refractivity contribution in [2.24, 2.45) is 0 Å². The average molecular weight is 357 g/mol. The number of aryl methyl sites for hydroxylation is 1. The van der Waals surface area contributed by atoms with E-state index in [0.29, 0.717) is 12.3 Å². The smallest absolute Gasteiger partial charge is 0.230 e. The maximum atomic E-state index is 12.0. The van der Waals surface area contributed by atoms with Crippen LogP contribution in [0.15, 0.2) is 48.5 Å². The predicted octanol–water partition coefficient (Wildman–Crippen LogP) is 4.39.